The fourth-order valence-corrected chi connectivity index (χ4v) is 3.30. The third-order valence-electron chi connectivity index (χ3n) is 3.57. The maximum atomic E-state index is 11.8. The predicted molar refractivity (Wildman–Crippen MR) is 82.1 cm³/mol. The van der Waals surface area contributed by atoms with Crippen molar-refractivity contribution in [2.45, 2.75) is 58.0 Å². The molecule has 0 aromatic carbocycles. The molecule has 0 aliphatic carbocycles. The van der Waals surface area contributed by atoms with Crippen LogP contribution in [0.2, 0.25) is 0 Å². The molecule has 2 amide bonds. The Balaban J connectivity index is 2.12. The number of nitrogens with one attached hydrogen (secondary N) is 2. The summed E-state index contributed by atoms with van der Waals surface area (Å²) in [6.07, 6.45) is 4.50. The van der Waals surface area contributed by atoms with E-state index in [4.69, 9.17) is 5.11 Å². The standard InChI is InChI=1S/C14H26N2O3S/c1-10(13(17)18)5-3-6-11(2)15-14(19)16-12-7-4-8-20-9-12/h10-12H,3-9H2,1-2H3,(H,17,18)(H2,15,16,19). The average Bonchev–Trinajstić information content (AvgIpc) is 2.39. The number of amides is 2. The van der Waals surface area contributed by atoms with Gasteiger partial charge in [-0.15, -0.1) is 0 Å². The summed E-state index contributed by atoms with van der Waals surface area (Å²) in [4.78, 5) is 22.5. The first-order valence-electron chi connectivity index (χ1n) is 7.36. The van der Waals surface area contributed by atoms with E-state index in [1.165, 1.54) is 5.75 Å². The van der Waals surface area contributed by atoms with E-state index in [1.54, 1.807) is 6.92 Å². The topological polar surface area (TPSA) is 78.4 Å². The summed E-state index contributed by atoms with van der Waals surface area (Å²) in [6, 6.07) is 0.261. The van der Waals surface area contributed by atoms with Crippen LogP contribution in [0.25, 0.3) is 0 Å². The number of hydrogen-bond donors (Lipinski definition) is 3. The molecule has 1 aliphatic heterocycles. The molecule has 3 atom stereocenters. The van der Waals surface area contributed by atoms with Crippen LogP contribution in [-0.2, 0) is 4.79 Å². The molecule has 0 aromatic rings. The number of aliphatic carboxylic acids is 1. The lowest BCUT2D eigenvalue weighted by Gasteiger charge is -2.24. The highest BCUT2D eigenvalue weighted by Crippen LogP contribution is 2.16. The molecule has 1 heterocycles. The van der Waals surface area contributed by atoms with Gasteiger partial charge in [0.2, 0.25) is 0 Å². The number of urea groups is 1. The summed E-state index contributed by atoms with van der Waals surface area (Å²) < 4.78 is 0. The second-order valence-electron chi connectivity index (χ2n) is 5.60. The first-order valence-corrected chi connectivity index (χ1v) is 8.52. The molecule has 6 heteroatoms. The van der Waals surface area contributed by atoms with Gasteiger partial charge in [-0.25, -0.2) is 4.79 Å². The van der Waals surface area contributed by atoms with Crippen molar-refractivity contribution >= 4 is 23.8 Å². The zero-order valence-corrected chi connectivity index (χ0v) is 13.2. The number of carboxylic acids is 1. The summed E-state index contributed by atoms with van der Waals surface area (Å²) in [5.41, 5.74) is 0. The van der Waals surface area contributed by atoms with Crippen molar-refractivity contribution in [3.05, 3.63) is 0 Å². The molecular weight excluding hydrogens is 276 g/mol. The Morgan fingerprint density at radius 2 is 2.10 bits per heavy atom. The van der Waals surface area contributed by atoms with Crippen LogP contribution < -0.4 is 10.6 Å². The van der Waals surface area contributed by atoms with Crippen LogP contribution in [0.1, 0.15) is 46.0 Å². The molecule has 20 heavy (non-hydrogen) atoms. The van der Waals surface area contributed by atoms with Gasteiger partial charge in [0.1, 0.15) is 0 Å². The highest BCUT2D eigenvalue weighted by atomic mass is 32.2. The molecule has 3 N–H and O–H groups in total. The normalized spacial score (nSPS) is 21.8. The van der Waals surface area contributed by atoms with Crippen LogP contribution in [0.15, 0.2) is 0 Å². The fraction of sp³-hybridized carbons (Fsp3) is 0.857. The van der Waals surface area contributed by atoms with E-state index in [0.717, 1.165) is 31.4 Å². The number of hydrogen-bond acceptors (Lipinski definition) is 3. The minimum absolute atomic E-state index is 0.0761. The third kappa shape index (κ3) is 7.03. The number of thioether (sulfide) groups is 1. The maximum Gasteiger partial charge on any atom is 0.315 e. The Morgan fingerprint density at radius 1 is 1.35 bits per heavy atom. The van der Waals surface area contributed by atoms with Crippen molar-refractivity contribution in [2.24, 2.45) is 5.92 Å². The van der Waals surface area contributed by atoms with Gasteiger partial charge in [-0.05, 0) is 38.4 Å². The van der Waals surface area contributed by atoms with Gasteiger partial charge < -0.3 is 15.7 Å². The highest BCUT2D eigenvalue weighted by Gasteiger charge is 2.17. The lowest BCUT2D eigenvalue weighted by Crippen LogP contribution is -2.47. The van der Waals surface area contributed by atoms with Crippen molar-refractivity contribution in [1.29, 1.82) is 0 Å². The first-order chi connectivity index (χ1) is 9.49. The molecule has 0 spiro atoms. The van der Waals surface area contributed by atoms with Crippen molar-refractivity contribution in [1.82, 2.24) is 10.6 Å². The van der Waals surface area contributed by atoms with Crippen molar-refractivity contribution in [3.63, 3.8) is 0 Å². The Kier molecular flexibility index (Phi) is 7.80. The van der Waals surface area contributed by atoms with Crippen molar-refractivity contribution in [3.8, 4) is 0 Å². The molecule has 0 aromatic heterocycles. The van der Waals surface area contributed by atoms with Gasteiger partial charge in [-0.1, -0.05) is 13.3 Å². The molecule has 1 saturated heterocycles. The molecule has 1 aliphatic rings. The molecular formula is C14H26N2O3S. The van der Waals surface area contributed by atoms with Gasteiger partial charge in [0.05, 0.1) is 5.92 Å². The Morgan fingerprint density at radius 3 is 2.70 bits per heavy atom. The third-order valence-corrected chi connectivity index (χ3v) is 4.78. The van der Waals surface area contributed by atoms with E-state index < -0.39 is 5.97 Å². The van der Waals surface area contributed by atoms with Gasteiger partial charge in [-0.2, -0.15) is 11.8 Å². The molecule has 1 fully saturated rings. The predicted octanol–water partition coefficient (Wildman–Crippen LogP) is 2.46. The van der Waals surface area contributed by atoms with Gasteiger partial charge in [0.25, 0.3) is 0 Å². The second kappa shape index (κ2) is 9.10. The van der Waals surface area contributed by atoms with E-state index in [1.807, 2.05) is 18.7 Å². The molecule has 116 valence electrons. The number of carbonyl (C=O) groups is 2. The molecule has 0 bridgehead atoms. The largest absolute Gasteiger partial charge is 0.481 e. The molecule has 0 radical (unpaired) electrons. The summed E-state index contributed by atoms with van der Waals surface area (Å²) in [6.45, 7) is 3.68. The first kappa shape index (κ1) is 17.1. The van der Waals surface area contributed by atoms with Crippen LogP contribution >= 0.6 is 11.8 Å². The van der Waals surface area contributed by atoms with Crippen LogP contribution in [0.5, 0.6) is 0 Å². The van der Waals surface area contributed by atoms with Gasteiger partial charge in [-0.3, -0.25) is 4.79 Å². The van der Waals surface area contributed by atoms with Crippen LogP contribution in [0.3, 0.4) is 0 Å². The van der Waals surface area contributed by atoms with E-state index in [0.29, 0.717) is 6.42 Å². The van der Waals surface area contributed by atoms with Gasteiger partial charge in [0, 0.05) is 17.8 Å². The Labute approximate surface area is 125 Å². The second-order valence-corrected chi connectivity index (χ2v) is 6.75. The maximum absolute atomic E-state index is 11.8. The summed E-state index contributed by atoms with van der Waals surface area (Å²) >= 11 is 1.89. The summed E-state index contributed by atoms with van der Waals surface area (Å²) in [5, 5.41) is 14.7. The molecule has 5 nitrogen and oxygen atoms in total. The zero-order valence-electron chi connectivity index (χ0n) is 12.4. The minimum atomic E-state index is -0.752. The van der Waals surface area contributed by atoms with Gasteiger partial charge in [0.15, 0.2) is 0 Å². The van der Waals surface area contributed by atoms with E-state index in [9.17, 15) is 9.59 Å². The van der Waals surface area contributed by atoms with Crippen molar-refractivity contribution < 1.29 is 14.7 Å². The molecule has 1 rings (SSSR count). The van der Waals surface area contributed by atoms with Crippen LogP contribution in [0, 0.1) is 5.92 Å². The minimum Gasteiger partial charge on any atom is -0.481 e. The van der Waals surface area contributed by atoms with E-state index in [2.05, 4.69) is 10.6 Å². The SMILES string of the molecule is CC(CCCC(C)C(=O)O)NC(=O)NC1CCCSC1. The molecule has 3 unspecified atom stereocenters. The Bertz CT molecular complexity index is 320. The number of rotatable bonds is 7. The summed E-state index contributed by atoms with van der Waals surface area (Å²) in [5.74, 6) is 1.13. The van der Waals surface area contributed by atoms with E-state index in [-0.39, 0.29) is 24.0 Å². The Hall–Kier alpha value is -0.910. The zero-order chi connectivity index (χ0) is 15.0. The smallest absolute Gasteiger partial charge is 0.315 e. The highest BCUT2D eigenvalue weighted by molar-refractivity contribution is 7.99. The lowest BCUT2D eigenvalue weighted by atomic mass is 10.0. The summed E-state index contributed by atoms with van der Waals surface area (Å²) in [7, 11) is 0. The quantitative estimate of drug-likeness (QED) is 0.675. The van der Waals surface area contributed by atoms with Gasteiger partial charge >= 0.3 is 12.0 Å². The average molecular weight is 302 g/mol. The van der Waals surface area contributed by atoms with Crippen LogP contribution in [-0.4, -0.2) is 40.7 Å². The monoisotopic (exact) mass is 302 g/mol. The number of carboxylic acid groups (broad SMARTS) is 1. The fourth-order valence-electron chi connectivity index (χ4n) is 2.23. The van der Waals surface area contributed by atoms with Crippen molar-refractivity contribution in [2.75, 3.05) is 11.5 Å². The van der Waals surface area contributed by atoms with Crippen LogP contribution in [0.4, 0.5) is 4.79 Å². The molecule has 0 saturated carbocycles. The van der Waals surface area contributed by atoms with E-state index >= 15 is 0 Å². The lowest BCUT2D eigenvalue weighted by molar-refractivity contribution is -0.141. The number of carbonyl (C=O) groups excluding carboxylic acids is 1.